The molecule has 1 aliphatic rings. The van der Waals surface area contributed by atoms with Crippen molar-refractivity contribution in [2.75, 3.05) is 23.9 Å². The van der Waals surface area contributed by atoms with Crippen LogP contribution in [-0.4, -0.2) is 52.8 Å². The van der Waals surface area contributed by atoms with Gasteiger partial charge in [-0.15, -0.1) is 0 Å². The van der Waals surface area contributed by atoms with Gasteiger partial charge in [0.05, 0.1) is 25.4 Å². The smallest absolute Gasteiger partial charge is 0.303 e. The Morgan fingerprint density at radius 1 is 1.24 bits per heavy atom. The summed E-state index contributed by atoms with van der Waals surface area (Å²) < 4.78 is 51.5. The van der Waals surface area contributed by atoms with E-state index in [4.69, 9.17) is 23.4 Å². The predicted octanol–water partition coefficient (Wildman–Crippen LogP) is 5.01. The largest absolute Gasteiger partial charge is 0.495 e. The first kappa shape index (κ1) is 28.0. The highest BCUT2D eigenvalue weighted by molar-refractivity contribution is 5.86. The SMILES string of the molecule is COc1ccc(F)cc1Nc1nc2ccc(CC(=O)C(C)O[C@H]3CCCN3c3ncc(CCC(=O)O)o3)c(F)c2o1. The summed E-state index contributed by atoms with van der Waals surface area (Å²) in [6.45, 7) is 2.20. The summed E-state index contributed by atoms with van der Waals surface area (Å²) >= 11 is 0. The lowest BCUT2D eigenvalue weighted by Gasteiger charge is -2.25. The number of halogens is 2. The van der Waals surface area contributed by atoms with E-state index in [1.165, 1.54) is 43.6 Å². The van der Waals surface area contributed by atoms with Crippen LogP contribution in [0, 0.1) is 11.6 Å². The average molecular weight is 571 g/mol. The lowest BCUT2D eigenvalue weighted by Crippen LogP contribution is -2.37. The van der Waals surface area contributed by atoms with E-state index in [9.17, 15) is 14.0 Å². The lowest BCUT2D eigenvalue weighted by atomic mass is 10.0. The van der Waals surface area contributed by atoms with Crippen LogP contribution in [0.2, 0.25) is 0 Å². The van der Waals surface area contributed by atoms with Gasteiger partial charge in [-0.25, -0.2) is 13.8 Å². The Morgan fingerprint density at radius 3 is 2.85 bits per heavy atom. The third kappa shape index (κ3) is 6.30. The maximum Gasteiger partial charge on any atom is 0.303 e. The van der Waals surface area contributed by atoms with E-state index in [1.807, 2.05) is 0 Å². The number of nitrogens with zero attached hydrogens (tertiary/aromatic N) is 3. The number of hydrogen-bond donors (Lipinski definition) is 2. The summed E-state index contributed by atoms with van der Waals surface area (Å²) in [4.78, 5) is 34.1. The van der Waals surface area contributed by atoms with Crippen LogP contribution in [0.1, 0.15) is 37.5 Å². The number of methoxy groups -OCH3 is 1. The number of Topliss-reactive ketones (excluding diaryl/α,β-unsaturated/α-hetero) is 1. The van der Waals surface area contributed by atoms with Crippen LogP contribution in [0.15, 0.2) is 45.4 Å². The molecule has 1 unspecified atom stereocenters. The topological polar surface area (TPSA) is 140 Å². The Labute approximate surface area is 233 Å². The molecule has 2 aromatic carbocycles. The van der Waals surface area contributed by atoms with Crippen molar-refractivity contribution >= 4 is 40.6 Å². The van der Waals surface area contributed by atoms with Gasteiger partial charge in [0.2, 0.25) is 0 Å². The number of aromatic nitrogens is 2. The Hall–Kier alpha value is -4.52. The van der Waals surface area contributed by atoms with Crippen LogP contribution in [0.3, 0.4) is 0 Å². The van der Waals surface area contributed by atoms with Crippen molar-refractivity contribution in [1.82, 2.24) is 9.97 Å². The number of carbonyl (C=O) groups excluding carboxylic acids is 1. The molecule has 1 fully saturated rings. The van der Waals surface area contributed by atoms with E-state index in [1.54, 1.807) is 11.8 Å². The molecule has 216 valence electrons. The minimum atomic E-state index is -0.932. The van der Waals surface area contributed by atoms with Gasteiger partial charge < -0.3 is 33.6 Å². The summed E-state index contributed by atoms with van der Waals surface area (Å²) in [5.74, 6) is -1.72. The van der Waals surface area contributed by atoms with Crippen LogP contribution < -0.4 is 15.0 Å². The number of fused-ring (bicyclic) bond motifs is 1. The van der Waals surface area contributed by atoms with Crippen molar-refractivity contribution in [2.24, 2.45) is 0 Å². The van der Waals surface area contributed by atoms with Gasteiger partial charge in [-0.2, -0.15) is 4.98 Å². The van der Waals surface area contributed by atoms with E-state index in [0.29, 0.717) is 30.5 Å². The molecule has 0 aliphatic carbocycles. The monoisotopic (exact) mass is 570 g/mol. The average Bonchev–Trinajstić information content (AvgIpc) is 3.69. The van der Waals surface area contributed by atoms with Crippen LogP contribution in [0.5, 0.6) is 5.75 Å². The van der Waals surface area contributed by atoms with Crippen LogP contribution >= 0.6 is 0 Å². The van der Waals surface area contributed by atoms with E-state index in [0.717, 1.165) is 6.42 Å². The molecular weight excluding hydrogens is 542 g/mol. The van der Waals surface area contributed by atoms with Gasteiger partial charge in [0, 0.05) is 25.5 Å². The summed E-state index contributed by atoms with van der Waals surface area (Å²) in [5, 5.41) is 11.7. The fourth-order valence-corrected chi connectivity index (χ4v) is 4.60. The number of carboxylic acid groups (broad SMARTS) is 1. The fraction of sp³-hybridized carbons (Fsp3) is 0.357. The van der Waals surface area contributed by atoms with E-state index >= 15 is 4.39 Å². The number of oxazole rings is 2. The Bertz CT molecular complexity index is 1570. The maximum absolute atomic E-state index is 15.4. The molecule has 0 spiro atoms. The van der Waals surface area contributed by atoms with Crippen molar-refractivity contribution in [3.63, 3.8) is 0 Å². The zero-order chi connectivity index (χ0) is 29.1. The third-order valence-corrected chi connectivity index (χ3v) is 6.73. The molecule has 5 rings (SSSR count). The van der Waals surface area contributed by atoms with Crippen molar-refractivity contribution in [2.45, 2.75) is 51.4 Å². The zero-order valence-corrected chi connectivity index (χ0v) is 22.4. The molecule has 0 bridgehead atoms. The lowest BCUT2D eigenvalue weighted by molar-refractivity contribution is -0.137. The molecule has 3 heterocycles. The second kappa shape index (κ2) is 11.9. The summed E-state index contributed by atoms with van der Waals surface area (Å²) in [5.41, 5.74) is 0.438. The van der Waals surface area contributed by atoms with Gasteiger partial charge in [0.15, 0.2) is 17.2 Å². The molecule has 2 aromatic heterocycles. The van der Waals surface area contributed by atoms with Gasteiger partial charge in [0.1, 0.15) is 35.2 Å². The number of ketones is 1. The molecule has 2 N–H and O–H groups in total. The van der Waals surface area contributed by atoms with E-state index in [-0.39, 0.29) is 53.4 Å². The summed E-state index contributed by atoms with van der Waals surface area (Å²) in [7, 11) is 1.43. The molecule has 1 saturated heterocycles. The first-order chi connectivity index (χ1) is 19.7. The number of benzene rings is 2. The predicted molar refractivity (Wildman–Crippen MR) is 142 cm³/mol. The number of anilines is 3. The van der Waals surface area contributed by atoms with Crippen LogP contribution in [-0.2, 0) is 27.2 Å². The number of ether oxygens (including phenoxy) is 2. The first-order valence-electron chi connectivity index (χ1n) is 13.0. The molecule has 0 radical (unpaired) electrons. The quantitative estimate of drug-likeness (QED) is 0.238. The standard InChI is InChI=1S/C28H28F2N4O7/c1-15(39-23-4-3-11-34(23)28-31-14-18(40-28)7-10-24(36)37)21(35)12-16-5-8-19-26(25(16)30)41-27(32-19)33-20-13-17(29)6-9-22(20)38-2/h5-6,8-9,13-15,23H,3-4,7,10-12H2,1-2H3,(H,32,33)(H,36,37)/t15?,23-/m0/s1. The zero-order valence-electron chi connectivity index (χ0n) is 22.4. The molecule has 0 amide bonds. The molecular formula is C28H28F2N4O7. The number of rotatable bonds is 12. The summed E-state index contributed by atoms with van der Waals surface area (Å²) in [6.07, 6.45) is 1.47. The second-order valence-corrected chi connectivity index (χ2v) is 9.59. The Kier molecular flexibility index (Phi) is 8.15. The molecule has 1 aliphatic heterocycles. The van der Waals surface area contributed by atoms with E-state index < -0.39 is 29.9 Å². The molecule has 0 saturated carbocycles. The van der Waals surface area contributed by atoms with Gasteiger partial charge in [0.25, 0.3) is 12.0 Å². The van der Waals surface area contributed by atoms with Crippen molar-refractivity contribution in [1.29, 1.82) is 0 Å². The molecule has 2 atom stereocenters. The summed E-state index contributed by atoms with van der Waals surface area (Å²) in [6, 6.07) is 7.10. The number of carboxylic acids is 1. The highest BCUT2D eigenvalue weighted by Gasteiger charge is 2.32. The van der Waals surface area contributed by atoms with Gasteiger partial charge in [-0.1, -0.05) is 6.07 Å². The van der Waals surface area contributed by atoms with Crippen molar-refractivity contribution < 1.29 is 41.8 Å². The van der Waals surface area contributed by atoms with Crippen molar-refractivity contribution in [3.05, 3.63) is 59.5 Å². The van der Waals surface area contributed by atoms with Crippen LogP contribution in [0.25, 0.3) is 11.1 Å². The highest BCUT2D eigenvalue weighted by atomic mass is 19.1. The Balaban J connectivity index is 1.24. The molecule has 11 nitrogen and oxygen atoms in total. The number of hydrogen-bond acceptors (Lipinski definition) is 10. The molecule has 13 heteroatoms. The number of aliphatic carboxylic acids is 1. The highest BCUT2D eigenvalue weighted by Crippen LogP contribution is 2.32. The van der Waals surface area contributed by atoms with Gasteiger partial charge in [-0.05, 0) is 43.5 Å². The van der Waals surface area contributed by atoms with Crippen molar-refractivity contribution in [3.8, 4) is 5.75 Å². The van der Waals surface area contributed by atoms with Gasteiger partial charge in [-0.3, -0.25) is 9.59 Å². The molecule has 4 aromatic rings. The first-order valence-corrected chi connectivity index (χ1v) is 13.0. The Morgan fingerprint density at radius 2 is 2.07 bits per heavy atom. The minimum Gasteiger partial charge on any atom is -0.495 e. The number of nitrogens with one attached hydrogen (secondary N) is 1. The number of carbonyl (C=O) groups is 2. The normalized spacial score (nSPS) is 15.8. The second-order valence-electron chi connectivity index (χ2n) is 9.59. The molecule has 41 heavy (non-hydrogen) atoms. The minimum absolute atomic E-state index is 0.0676. The van der Waals surface area contributed by atoms with Crippen LogP contribution in [0.4, 0.5) is 26.5 Å². The maximum atomic E-state index is 15.4. The van der Waals surface area contributed by atoms with Gasteiger partial charge >= 0.3 is 5.97 Å². The van der Waals surface area contributed by atoms with E-state index in [2.05, 4.69) is 15.3 Å². The number of aryl methyl sites for hydroxylation is 1. The fourth-order valence-electron chi connectivity index (χ4n) is 4.60. The third-order valence-electron chi connectivity index (χ3n) is 6.73.